The number of aliphatic hydroxyl groups is 1. The number of aromatic nitrogens is 2. The van der Waals surface area contributed by atoms with Crippen LogP contribution in [0.2, 0.25) is 0 Å². The second kappa shape index (κ2) is 16.0. The Balaban J connectivity index is 1.38. The van der Waals surface area contributed by atoms with Crippen LogP contribution in [0.15, 0.2) is 53.9 Å². The van der Waals surface area contributed by atoms with Crippen molar-refractivity contribution >= 4 is 33.3 Å². The van der Waals surface area contributed by atoms with Gasteiger partial charge in [-0.2, -0.15) is 8.42 Å². The maximum Gasteiger partial charge on any atom is 0.321 e. The van der Waals surface area contributed by atoms with Gasteiger partial charge in [0.05, 0.1) is 36.7 Å². The van der Waals surface area contributed by atoms with Gasteiger partial charge in [0.15, 0.2) is 16.5 Å². The first-order chi connectivity index (χ1) is 23.8. The number of likely N-dealkylation sites (N-methyl/N-ethyl adjacent to an activating group) is 1. The van der Waals surface area contributed by atoms with E-state index in [0.29, 0.717) is 36.0 Å². The molecule has 0 spiro atoms. The Hall–Kier alpha value is -4.54. The zero-order chi connectivity index (χ0) is 36.0. The molecule has 0 saturated carbocycles. The quantitative estimate of drug-likeness (QED) is 0.311. The van der Waals surface area contributed by atoms with Crippen LogP contribution in [0, 0.1) is 5.92 Å². The third kappa shape index (κ3) is 8.97. The van der Waals surface area contributed by atoms with Crippen LogP contribution < -0.4 is 24.2 Å². The molecule has 3 amide bonds. The smallest absolute Gasteiger partial charge is 0.321 e. The molecule has 3 heterocycles. The average molecular weight is 715 g/mol. The Morgan fingerprint density at radius 3 is 2.58 bits per heavy atom. The third-order valence-corrected chi connectivity index (χ3v) is 9.95. The number of anilines is 2. The molecule has 3 N–H and O–H groups in total. The fourth-order valence-corrected chi connectivity index (χ4v) is 6.76. The van der Waals surface area contributed by atoms with Gasteiger partial charge in [-0.15, -0.1) is 0 Å². The number of aryl methyl sites for hydroxylation is 1. The van der Waals surface area contributed by atoms with E-state index in [1.807, 2.05) is 13.8 Å². The van der Waals surface area contributed by atoms with Crippen molar-refractivity contribution in [2.24, 2.45) is 13.0 Å². The van der Waals surface area contributed by atoms with Crippen molar-refractivity contribution in [1.82, 2.24) is 19.4 Å². The molecule has 272 valence electrons. The zero-order valence-electron chi connectivity index (χ0n) is 29.0. The molecule has 0 saturated heterocycles. The summed E-state index contributed by atoms with van der Waals surface area (Å²) in [6.45, 7) is 6.21. The number of fused-ring (bicyclic) bond motifs is 2. The van der Waals surface area contributed by atoms with Gasteiger partial charge in [-0.3, -0.25) is 9.52 Å². The molecule has 50 heavy (non-hydrogen) atoms. The predicted molar refractivity (Wildman–Crippen MR) is 185 cm³/mol. The molecule has 2 aliphatic heterocycles. The molecule has 2 aliphatic rings. The van der Waals surface area contributed by atoms with Crippen molar-refractivity contribution in [2.75, 3.05) is 50.2 Å². The molecule has 0 aliphatic carbocycles. The number of carbonyl (C=O) groups excluding carboxylic acids is 2. The van der Waals surface area contributed by atoms with Crippen molar-refractivity contribution in [3.63, 3.8) is 0 Å². The van der Waals surface area contributed by atoms with Gasteiger partial charge in [0.25, 0.3) is 15.9 Å². The van der Waals surface area contributed by atoms with Gasteiger partial charge in [0.2, 0.25) is 6.79 Å². The number of sulfonamides is 1. The molecule has 15 nitrogen and oxygen atoms in total. The number of hydrogen-bond donors (Lipinski definition) is 3. The molecule has 5 rings (SSSR count). The van der Waals surface area contributed by atoms with Gasteiger partial charge in [-0.1, -0.05) is 6.92 Å². The Morgan fingerprint density at radius 2 is 1.84 bits per heavy atom. The van der Waals surface area contributed by atoms with Crippen molar-refractivity contribution in [2.45, 2.75) is 63.3 Å². The summed E-state index contributed by atoms with van der Waals surface area (Å²) in [5, 5.41) is 13.0. The number of urea groups is 1. The molecular weight excluding hydrogens is 668 g/mol. The summed E-state index contributed by atoms with van der Waals surface area (Å²) in [6, 6.07) is 8.78. The highest BCUT2D eigenvalue weighted by molar-refractivity contribution is 7.92. The van der Waals surface area contributed by atoms with Crippen LogP contribution >= 0.6 is 0 Å². The van der Waals surface area contributed by atoms with Crippen LogP contribution in [0.1, 0.15) is 50.4 Å². The highest BCUT2D eigenvalue weighted by Crippen LogP contribution is 2.34. The number of imidazole rings is 1. The molecule has 2 aromatic carbocycles. The molecule has 4 atom stereocenters. The summed E-state index contributed by atoms with van der Waals surface area (Å²) >= 11 is 0. The topological polar surface area (TPSA) is 174 Å². The lowest BCUT2D eigenvalue weighted by atomic mass is 10.0. The van der Waals surface area contributed by atoms with Crippen LogP contribution in [0.5, 0.6) is 17.2 Å². The summed E-state index contributed by atoms with van der Waals surface area (Å²) < 4.78 is 53.6. The Kier molecular flexibility index (Phi) is 11.8. The molecule has 16 heteroatoms. The van der Waals surface area contributed by atoms with Gasteiger partial charge in [-0.25, -0.2) is 9.78 Å². The highest BCUT2D eigenvalue weighted by Gasteiger charge is 2.31. The van der Waals surface area contributed by atoms with E-state index in [9.17, 15) is 23.1 Å². The zero-order valence-corrected chi connectivity index (χ0v) is 29.8. The first-order valence-electron chi connectivity index (χ1n) is 16.6. The van der Waals surface area contributed by atoms with Crippen LogP contribution in [0.25, 0.3) is 0 Å². The molecule has 0 radical (unpaired) electrons. The summed E-state index contributed by atoms with van der Waals surface area (Å²) in [5.41, 5.74) is 0.845. The van der Waals surface area contributed by atoms with E-state index in [1.54, 1.807) is 51.4 Å². The number of rotatable bonds is 8. The van der Waals surface area contributed by atoms with Crippen molar-refractivity contribution < 1.29 is 42.1 Å². The van der Waals surface area contributed by atoms with E-state index >= 15 is 0 Å². The summed E-state index contributed by atoms with van der Waals surface area (Å²) in [5.74, 6) is 0.723. The molecule has 3 aromatic rings. The van der Waals surface area contributed by atoms with E-state index in [2.05, 4.69) is 15.0 Å². The molecule has 0 fully saturated rings. The van der Waals surface area contributed by atoms with Crippen LogP contribution in [-0.2, 0) is 21.8 Å². The second-order valence-electron chi connectivity index (χ2n) is 12.9. The largest absolute Gasteiger partial charge is 0.490 e. The number of nitrogens with one attached hydrogen (secondary N) is 2. The van der Waals surface area contributed by atoms with Crippen molar-refractivity contribution in [3.8, 4) is 17.2 Å². The second-order valence-corrected chi connectivity index (χ2v) is 14.5. The van der Waals surface area contributed by atoms with Gasteiger partial charge in [0.1, 0.15) is 5.75 Å². The molecule has 0 unspecified atom stereocenters. The first-order valence-corrected chi connectivity index (χ1v) is 18.1. The minimum Gasteiger partial charge on any atom is -0.490 e. The molecular formula is C34H46N6O9S. The van der Waals surface area contributed by atoms with Gasteiger partial charge in [0, 0.05) is 63.3 Å². The summed E-state index contributed by atoms with van der Waals surface area (Å²) in [4.78, 5) is 34.6. The van der Waals surface area contributed by atoms with Crippen LogP contribution in [0.3, 0.4) is 0 Å². The van der Waals surface area contributed by atoms with Gasteiger partial charge < -0.3 is 43.7 Å². The van der Waals surface area contributed by atoms with E-state index in [0.717, 1.165) is 12.8 Å². The van der Waals surface area contributed by atoms with E-state index in [-0.39, 0.29) is 60.8 Å². The standard InChI is InChI=1S/C34H46N6O9S/c1-22-16-40(23(2)19-41)33(42)27-14-26(37-50(44,45)32-18-38(4)20-35-32)10-11-28(27)49-24(3)8-6-7-13-46-31(22)17-39(5)34(43)36-25-9-12-29-30(15-25)48-21-47-29/h9-12,14-15,18,20,22-24,31,37,41H,6-8,13,16-17,19,21H2,1-5H3,(H,36,43)/t22-,23-,24-,31+/m1/s1. The monoisotopic (exact) mass is 714 g/mol. The number of aliphatic hydroxyl groups excluding tert-OH is 1. The highest BCUT2D eigenvalue weighted by atomic mass is 32.2. The predicted octanol–water partition coefficient (Wildman–Crippen LogP) is 3.91. The average Bonchev–Trinajstić information content (AvgIpc) is 3.75. The molecule has 1 aromatic heterocycles. The lowest BCUT2D eigenvalue weighted by Gasteiger charge is -2.35. The number of ether oxygens (including phenoxy) is 4. The number of carbonyl (C=O) groups is 2. The van der Waals surface area contributed by atoms with E-state index < -0.39 is 28.1 Å². The SMILES string of the molecule is C[C@@H]1CCCCO[C@@H](CN(C)C(=O)Nc2ccc3c(c2)OCO3)[C@H](C)CN([C@H](C)CO)C(=O)c2cc(NS(=O)(=O)c3cn(C)cn3)ccc2O1. The maximum atomic E-state index is 14.4. The maximum absolute atomic E-state index is 14.4. The normalized spacial score (nSPS) is 20.6. The van der Waals surface area contributed by atoms with E-state index in [1.165, 1.54) is 33.0 Å². The minimum atomic E-state index is -4.04. The van der Waals surface area contributed by atoms with E-state index in [4.69, 9.17) is 18.9 Å². The number of nitrogens with zero attached hydrogens (tertiary/aromatic N) is 4. The summed E-state index contributed by atoms with van der Waals surface area (Å²) in [7, 11) is -0.706. The number of hydrogen-bond acceptors (Lipinski definition) is 10. The van der Waals surface area contributed by atoms with Crippen molar-refractivity contribution in [3.05, 3.63) is 54.5 Å². The van der Waals surface area contributed by atoms with Gasteiger partial charge >= 0.3 is 6.03 Å². The molecule has 0 bridgehead atoms. The third-order valence-electron chi connectivity index (χ3n) is 8.68. The Labute approximate surface area is 292 Å². The Bertz CT molecular complexity index is 1770. The fourth-order valence-electron chi connectivity index (χ4n) is 5.73. The first kappa shape index (κ1) is 36.7. The van der Waals surface area contributed by atoms with Crippen molar-refractivity contribution in [1.29, 1.82) is 0 Å². The number of amides is 3. The van der Waals surface area contributed by atoms with Crippen LogP contribution in [0.4, 0.5) is 16.2 Å². The van der Waals surface area contributed by atoms with Gasteiger partial charge in [-0.05, 0) is 63.4 Å². The Morgan fingerprint density at radius 1 is 1.10 bits per heavy atom. The summed E-state index contributed by atoms with van der Waals surface area (Å²) in [6.07, 6.45) is 4.26. The lowest BCUT2D eigenvalue weighted by Crippen LogP contribution is -2.48. The minimum absolute atomic E-state index is 0.126. The fraction of sp³-hybridized carbons (Fsp3) is 0.500. The lowest BCUT2D eigenvalue weighted by molar-refractivity contribution is -0.0115. The number of benzene rings is 2. The van der Waals surface area contributed by atoms with Crippen LogP contribution in [-0.4, -0.2) is 103 Å².